The van der Waals surface area contributed by atoms with Crippen molar-refractivity contribution >= 4 is 5.71 Å². The van der Waals surface area contributed by atoms with E-state index in [0.717, 1.165) is 18.7 Å². The van der Waals surface area contributed by atoms with Crippen molar-refractivity contribution in [1.29, 1.82) is 0 Å². The van der Waals surface area contributed by atoms with E-state index in [4.69, 9.17) is 5.11 Å². The molecule has 1 aliphatic heterocycles. The van der Waals surface area contributed by atoms with Crippen LogP contribution in [0.25, 0.3) is 0 Å². The predicted molar refractivity (Wildman–Crippen MR) is 37.9 cm³/mol. The molecule has 0 bridgehead atoms. The summed E-state index contributed by atoms with van der Waals surface area (Å²) in [7, 11) is 1.53. The van der Waals surface area contributed by atoms with E-state index in [0.29, 0.717) is 0 Å². The van der Waals surface area contributed by atoms with Crippen LogP contribution in [0.3, 0.4) is 0 Å². The number of nitrogens with zero attached hydrogens (tertiary/aromatic N) is 1. The number of rotatable bonds is 2. The molecule has 1 saturated heterocycles. The Hall–Kier alpha value is -0.610. The molecule has 2 N–H and O–H groups in total. The lowest BCUT2D eigenvalue weighted by atomic mass is 10.2. The number of hydrogen-bond donors (Lipinski definition) is 2. The van der Waals surface area contributed by atoms with Crippen molar-refractivity contribution in [3.63, 3.8) is 0 Å². The van der Waals surface area contributed by atoms with E-state index in [1.54, 1.807) is 0 Å². The third kappa shape index (κ3) is 1.68. The minimum absolute atomic E-state index is 0.169. The molecule has 4 heteroatoms. The lowest BCUT2D eigenvalue weighted by Crippen LogP contribution is -2.24. The summed E-state index contributed by atoms with van der Waals surface area (Å²) < 4.78 is 0. The van der Waals surface area contributed by atoms with Gasteiger partial charge in [0.15, 0.2) is 0 Å². The third-order valence-corrected chi connectivity index (χ3v) is 1.52. The second kappa shape index (κ2) is 3.53. The van der Waals surface area contributed by atoms with Crippen molar-refractivity contribution in [2.75, 3.05) is 20.3 Å². The average Bonchev–Trinajstić information content (AvgIpc) is 2.37. The summed E-state index contributed by atoms with van der Waals surface area (Å²) in [6.45, 7) is 0.905. The molecule has 1 heterocycles. The van der Waals surface area contributed by atoms with Crippen molar-refractivity contribution in [2.24, 2.45) is 5.16 Å². The molecule has 58 valence electrons. The molecule has 1 fully saturated rings. The Balaban J connectivity index is 2.35. The van der Waals surface area contributed by atoms with E-state index >= 15 is 0 Å². The van der Waals surface area contributed by atoms with E-state index in [1.165, 1.54) is 7.11 Å². The average molecular weight is 144 g/mol. The van der Waals surface area contributed by atoms with E-state index in [1.807, 2.05) is 0 Å². The van der Waals surface area contributed by atoms with Crippen molar-refractivity contribution in [2.45, 2.75) is 12.5 Å². The fourth-order valence-corrected chi connectivity index (χ4v) is 1.02. The molecule has 1 aliphatic rings. The SMILES string of the molecule is CON=C1CNC(CO)C1. The minimum atomic E-state index is 0.169. The number of aliphatic hydroxyl groups is 1. The summed E-state index contributed by atoms with van der Waals surface area (Å²) >= 11 is 0. The summed E-state index contributed by atoms with van der Waals surface area (Å²) in [6, 6.07) is 0.175. The first-order chi connectivity index (χ1) is 4.86. The molecule has 0 amide bonds. The van der Waals surface area contributed by atoms with Gasteiger partial charge in [-0.1, -0.05) is 5.16 Å². The van der Waals surface area contributed by atoms with Gasteiger partial charge in [0.25, 0.3) is 0 Å². The first kappa shape index (κ1) is 7.50. The van der Waals surface area contributed by atoms with E-state index in [2.05, 4.69) is 15.3 Å². The summed E-state index contributed by atoms with van der Waals surface area (Å²) in [4.78, 5) is 4.58. The van der Waals surface area contributed by atoms with Gasteiger partial charge in [-0.2, -0.15) is 0 Å². The van der Waals surface area contributed by atoms with E-state index in [-0.39, 0.29) is 12.6 Å². The van der Waals surface area contributed by atoms with Gasteiger partial charge >= 0.3 is 0 Å². The molecule has 0 spiro atoms. The summed E-state index contributed by atoms with van der Waals surface area (Å²) in [6.07, 6.45) is 0.796. The smallest absolute Gasteiger partial charge is 0.106 e. The molecular weight excluding hydrogens is 132 g/mol. The molecule has 0 radical (unpaired) electrons. The summed E-state index contributed by atoms with van der Waals surface area (Å²) in [5, 5.41) is 15.5. The van der Waals surface area contributed by atoms with Crippen LogP contribution in [-0.2, 0) is 4.84 Å². The normalized spacial score (nSPS) is 29.4. The third-order valence-electron chi connectivity index (χ3n) is 1.52. The van der Waals surface area contributed by atoms with Gasteiger partial charge in [0.1, 0.15) is 7.11 Å². The van der Waals surface area contributed by atoms with Crippen LogP contribution in [0.2, 0.25) is 0 Å². The molecule has 0 aromatic heterocycles. The van der Waals surface area contributed by atoms with Crippen molar-refractivity contribution in [3.05, 3.63) is 0 Å². The second-order valence-corrected chi connectivity index (χ2v) is 2.30. The number of hydrogen-bond acceptors (Lipinski definition) is 4. The molecule has 0 aliphatic carbocycles. The fourth-order valence-electron chi connectivity index (χ4n) is 1.02. The van der Waals surface area contributed by atoms with Crippen LogP contribution in [0.5, 0.6) is 0 Å². The van der Waals surface area contributed by atoms with Crippen LogP contribution in [0.1, 0.15) is 6.42 Å². The molecule has 1 unspecified atom stereocenters. The van der Waals surface area contributed by atoms with Crippen LogP contribution in [0, 0.1) is 0 Å². The maximum absolute atomic E-state index is 8.69. The predicted octanol–water partition coefficient (Wildman–Crippen LogP) is -0.657. The van der Waals surface area contributed by atoms with Gasteiger partial charge in [-0.15, -0.1) is 0 Å². The Morgan fingerprint density at radius 3 is 3.20 bits per heavy atom. The summed E-state index contributed by atoms with van der Waals surface area (Å²) in [5.74, 6) is 0. The molecule has 0 aromatic carbocycles. The fraction of sp³-hybridized carbons (Fsp3) is 0.833. The molecule has 0 saturated carbocycles. The zero-order valence-corrected chi connectivity index (χ0v) is 6.00. The van der Waals surface area contributed by atoms with Crippen molar-refractivity contribution in [1.82, 2.24) is 5.32 Å². The quantitative estimate of drug-likeness (QED) is 0.506. The number of nitrogens with one attached hydrogen (secondary N) is 1. The lowest BCUT2D eigenvalue weighted by Gasteiger charge is -2.00. The van der Waals surface area contributed by atoms with Crippen LogP contribution in [0.15, 0.2) is 5.16 Å². The highest BCUT2D eigenvalue weighted by atomic mass is 16.6. The molecule has 1 rings (SSSR count). The van der Waals surface area contributed by atoms with Crippen LogP contribution in [-0.4, -0.2) is 37.1 Å². The number of oxime groups is 1. The highest BCUT2D eigenvalue weighted by Gasteiger charge is 2.18. The molecular formula is C6H12N2O2. The van der Waals surface area contributed by atoms with Gasteiger partial charge in [-0.25, -0.2) is 0 Å². The molecule has 4 nitrogen and oxygen atoms in total. The zero-order chi connectivity index (χ0) is 7.40. The number of aliphatic hydroxyl groups excluding tert-OH is 1. The first-order valence-electron chi connectivity index (χ1n) is 3.30. The monoisotopic (exact) mass is 144 g/mol. The zero-order valence-electron chi connectivity index (χ0n) is 6.00. The van der Waals surface area contributed by atoms with Gasteiger partial charge in [0.05, 0.1) is 12.3 Å². The van der Waals surface area contributed by atoms with Crippen LogP contribution >= 0.6 is 0 Å². The van der Waals surface area contributed by atoms with Gasteiger partial charge in [0, 0.05) is 19.0 Å². The van der Waals surface area contributed by atoms with Gasteiger partial charge < -0.3 is 15.3 Å². The Bertz CT molecular complexity index is 136. The van der Waals surface area contributed by atoms with Gasteiger partial charge in [-0.3, -0.25) is 0 Å². The Morgan fingerprint density at radius 1 is 1.90 bits per heavy atom. The van der Waals surface area contributed by atoms with E-state index in [9.17, 15) is 0 Å². The molecule has 1 atom stereocenters. The standard InChI is InChI=1S/C6H12N2O2/c1-10-8-5-2-6(4-9)7-3-5/h6-7,9H,2-4H2,1H3. The first-order valence-corrected chi connectivity index (χ1v) is 3.30. The highest BCUT2D eigenvalue weighted by Crippen LogP contribution is 2.02. The minimum Gasteiger partial charge on any atom is -0.399 e. The highest BCUT2D eigenvalue weighted by molar-refractivity contribution is 5.88. The molecule has 0 aromatic rings. The van der Waals surface area contributed by atoms with Crippen molar-refractivity contribution in [3.8, 4) is 0 Å². The lowest BCUT2D eigenvalue weighted by molar-refractivity contribution is 0.212. The Labute approximate surface area is 59.9 Å². The Kier molecular flexibility index (Phi) is 2.65. The van der Waals surface area contributed by atoms with Crippen molar-refractivity contribution < 1.29 is 9.94 Å². The largest absolute Gasteiger partial charge is 0.399 e. The maximum atomic E-state index is 8.69. The van der Waals surface area contributed by atoms with Crippen LogP contribution in [0.4, 0.5) is 0 Å². The van der Waals surface area contributed by atoms with Crippen LogP contribution < -0.4 is 5.32 Å². The van der Waals surface area contributed by atoms with E-state index < -0.39 is 0 Å². The topological polar surface area (TPSA) is 53.8 Å². The Morgan fingerprint density at radius 2 is 2.70 bits per heavy atom. The molecule has 10 heavy (non-hydrogen) atoms. The maximum Gasteiger partial charge on any atom is 0.106 e. The second-order valence-electron chi connectivity index (χ2n) is 2.30. The summed E-state index contributed by atoms with van der Waals surface area (Å²) in [5.41, 5.74) is 0.974. The van der Waals surface area contributed by atoms with Gasteiger partial charge in [-0.05, 0) is 0 Å². The van der Waals surface area contributed by atoms with Gasteiger partial charge in [0.2, 0.25) is 0 Å².